The Morgan fingerprint density at radius 1 is 1.10 bits per heavy atom. The average Bonchev–Trinajstić information content (AvgIpc) is 2.78. The number of aryl methyl sites for hydroxylation is 1. The van der Waals surface area contributed by atoms with Gasteiger partial charge in [-0.25, -0.2) is 8.42 Å². The molecule has 0 saturated carbocycles. The van der Waals surface area contributed by atoms with Gasteiger partial charge >= 0.3 is 0 Å². The highest BCUT2D eigenvalue weighted by Gasteiger charge is 2.18. The van der Waals surface area contributed by atoms with Crippen molar-refractivity contribution in [3.05, 3.63) is 65.9 Å². The third kappa shape index (κ3) is 2.82. The summed E-state index contributed by atoms with van der Waals surface area (Å²) in [6.07, 6.45) is 1.61. The first kappa shape index (κ1) is 14.2. The molecule has 0 N–H and O–H groups in total. The highest BCUT2D eigenvalue weighted by molar-refractivity contribution is 8.14. The molecule has 3 nitrogen and oxygen atoms in total. The molecule has 0 aliphatic carbocycles. The summed E-state index contributed by atoms with van der Waals surface area (Å²) >= 11 is 0. The van der Waals surface area contributed by atoms with Crippen molar-refractivity contribution >= 4 is 30.6 Å². The van der Waals surface area contributed by atoms with E-state index in [4.69, 9.17) is 10.7 Å². The predicted molar refractivity (Wildman–Crippen MR) is 85.3 cm³/mol. The molecular formula is C16H14ClNO2S. The molecule has 1 heterocycles. The van der Waals surface area contributed by atoms with Crippen molar-refractivity contribution in [2.75, 3.05) is 0 Å². The summed E-state index contributed by atoms with van der Waals surface area (Å²) in [6, 6.07) is 15.5. The Hall–Kier alpha value is -1.78. The van der Waals surface area contributed by atoms with E-state index in [1.165, 1.54) is 5.56 Å². The number of rotatable bonds is 3. The van der Waals surface area contributed by atoms with E-state index in [2.05, 4.69) is 6.07 Å². The maximum absolute atomic E-state index is 11.7. The highest BCUT2D eigenvalue weighted by atomic mass is 35.7. The van der Waals surface area contributed by atoms with Gasteiger partial charge in [0, 0.05) is 34.3 Å². The molecule has 0 spiro atoms. The largest absolute Gasteiger partial charge is 0.342 e. The van der Waals surface area contributed by atoms with Crippen LogP contribution in [-0.4, -0.2) is 13.0 Å². The van der Waals surface area contributed by atoms with Crippen LogP contribution in [0.4, 0.5) is 0 Å². The van der Waals surface area contributed by atoms with E-state index in [-0.39, 0.29) is 4.90 Å². The second-order valence-electron chi connectivity index (χ2n) is 5.07. The van der Waals surface area contributed by atoms with Gasteiger partial charge in [0.25, 0.3) is 9.05 Å². The maximum atomic E-state index is 11.7. The fourth-order valence-corrected chi connectivity index (χ4v) is 3.60. The summed E-state index contributed by atoms with van der Waals surface area (Å²) in [5.74, 6) is 0. The molecule has 3 aromatic rings. The molecule has 5 heteroatoms. The predicted octanol–water partition coefficient (Wildman–Crippen LogP) is 3.93. The van der Waals surface area contributed by atoms with Crippen LogP contribution < -0.4 is 0 Å². The second kappa shape index (κ2) is 5.20. The van der Waals surface area contributed by atoms with Gasteiger partial charge in [-0.05, 0) is 18.6 Å². The smallest absolute Gasteiger partial charge is 0.263 e. The van der Waals surface area contributed by atoms with Gasteiger partial charge in [-0.2, -0.15) is 0 Å². The molecule has 21 heavy (non-hydrogen) atoms. The third-order valence-electron chi connectivity index (χ3n) is 3.45. The number of para-hydroxylation sites is 1. The molecule has 108 valence electrons. The van der Waals surface area contributed by atoms with E-state index in [1.54, 1.807) is 12.3 Å². The van der Waals surface area contributed by atoms with E-state index in [0.29, 0.717) is 11.9 Å². The molecule has 0 saturated heterocycles. The van der Waals surface area contributed by atoms with Gasteiger partial charge < -0.3 is 4.57 Å². The molecule has 0 aliphatic rings. The van der Waals surface area contributed by atoms with Crippen molar-refractivity contribution in [1.29, 1.82) is 0 Å². The van der Waals surface area contributed by atoms with Crippen molar-refractivity contribution in [2.24, 2.45) is 0 Å². The van der Waals surface area contributed by atoms with Crippen LogP contribution in [0.25, 0.3) is 10.9 Å². The van der Waals surface area contributed by atoms with Crippen molar-refractivity contribution in [3.8, 4) is 0 Å². The third-order valence-corrected chi connectivity index (χ3v) is 4.80. The molecule has 1 aromatic heterocycles. The van der Waals surface area contributed by atoms with Crippen LogP contribution in [-0.2, 0) is 15.6 Å². The summed E-state index contributed by atoms with van der Waals surface area (Å²) in [6.45, 7) is 2.64. The Kier molecular flexibility index (Phi) is 3.51. The van der Waals surface area contributed by atoms with E-state index in [1.807, 2.05) is 47.9 Å². The molecule has 0 aliphatic heterocycles. The van der Waals surface area contributed by atoms with Gasteiger partial charge in [0.1, 0.15) is 4.90 Å². The fraction of sp³-hybridized carbons (Fsp3) is 0.125. The zero-order chi connectivity index (χ0) is 15.0. The van der Waals surface area contributed by atoms with Crippen molar-refractivity contribution in [3.63, 3.8) is 0 Å². The van der Waals surface area contributed by atoms with Gasteiger partial charge in [0.15, 0.2) is 0 Å². The lowest BCUT2D eigenvalue weighted by Gasteiger charge is -2.06. The minimum atomic E-state index is -3.76. The van der Waals surface area contributed by atoms with Crippen LogP contribution in [0.1, 0.15) is 11.1 Å². The van der Waals surface area contributed by atoms with Crippen molar-refractivity contribution < 1.29 is 8.42 Å². The zero-order valence-corrected chi connectivity index (χ0v) is 13.0. The van der Waals surface area contributed by atoms with E-state index in [9.17, 15) is 8.42 Å². The van der Waals surface area contributed by atoms with Gasteiger partial charge in [-0.15, -0.1) is 0 Å². The number of halogens is 1. The molecular weight excluding hydrogens is 306 g/mol. The number of benzene rings is 2. The zero-order valence-electron chi connectivity index (χ0n) is 11.5. The summed E-state index contributed by atoms with van der Waals surface area (Å²) in [4.78, 5) is 0.160. The minimum absolute atomic E-state index is 0.160. The van der Waals surface area contributed by atoms with Crippen LogP contribution in [0.2, 0.25) is 0 Å². The Morgan fingerprint density at radius 3 is 2.57 bits per heavy atom. The van der Waals surface area contributed by atoms with Crippen LogP contribution in [0, 0.1) is 6.92 Å². The highest BCUT2D eigenvalue weighted by Crippen LogP contribution is 2.28. The quantitative estimate of drug-likeness (QED) is 0.686. The van der Waals surface area contributed by atoms with Crippen LogP contribution in [0.3, 0.4) is 0 Å². The van der Waals surface area contributed by atoms with Gasteiger partial charge in [-0.1, -0.05) is 48.0 Å². The van der Waals surface area contributed by atoms with Crippen LogP contribution in [0.15, 0.2) is 59.6 Å². The molecule has 0 amide bonds. The monoisotopic (exact) mass is 319 g/mol. The topological polar surface area (TPSA) is 39.1 Å². The average molecular weight is 320 g/mol. The number of hydrogen-bond acceptors (Lipinski definition) is 2. The van der Waals surface area contributed by atoms with E-state index in [0.717, 1.165) is 11.1 Å². The lowest BCUT2D eigenvalue weighted by Crippen LogP contribution is -1.98. The SMILES string of the molecule is Cc1cccc(Cn2cc(S(=O)(=O)Cl)c3ccccc32)c1. The van der Waals surface area contributed by atoms with E-state index < -0.39 is 9.05 Å². The summed E-state index contributed by atoms with van der Waals surface area (Å²) in [7, 11) is 1.78. The number of aromatic nitrogens is 1. The normalized spacial score (nSPS) is 11.9. The Balaban J connectivity index is 2.15. The first-order valence-corrected chi connectivity index (χ1v) is 8.84. The maximum Gasteiger partial charge on any atom is 0.263 e. The van der Waals surface area contributed by atoms with Gasteiger partial charge in [-0.3, -0.25) is 0 Å². The first-order chi connectivity index (χ1) is 9.95. The number of nitrogens with zero attached hydrogens (tertiary/aromatic N) is 1. The summed E-state index contributed by atoms with van der Waals surface area (Å²) < 4.78 is 25.4. The van der Waals surface area contributed by atoms with Gasteiger partial charge in [0.2, 0.25) is 0 Å². The summed E-state index contributed by atoms with van der Waals surface area (Å²) in [5.41, 5.74) is 3.15. The lowest BCUT2D eigenvalue weighted by atomic mass is 10.1. The van der Waals surface area contributed by atoms with Crippen molar-refractivity contribution in [2.45, 2.75) is 18.4 Å². The standard InChI is InChI=1S/C16H14ClNO2S/c1-12-5-4-6-13(9-12)10-18-11-16(21(17,19)20)14-7-2-3-8-15(14)18/h2-9,11H,10H2,1H3. The number of hydrogen-bond donors (Lipinski definition) is 0. The fourth-order valence-electron chi connectivity index (χ4n) is 2.55. The van der Waals surface area contributed by atoms with Crippen LogP contribution >= 0.6 is 10.7 Å². The van der Waals surface area contributed by atoms with Gasteiger partial charge in [0.05, 0.1) is 0 Å². The molecule has 3 rings (SSSR count). The summed E-state index contributed by atoms with van der Waals surface area (Å²) in [5, 5.41) is 0.653. The van der Waals surface area contributed by atoms with Crippen molar-refractivity contribution in [1.82, 2.24) is 4.57 Å². The molecule has 2 aromatic carbocycles. The van der Waals surface area contributed by atoms with Crippen LogP contribution in [0.5, 0.6) is 0 Å². The molecule has 0 fully saturated rings. The first-order valence-electron chi connectivity index (χ1n) is 6.53. The van der Waals surface area contributed by atoms with E-state index >= 15 is 0 Å². The molecule has 0 radical (unpaired) electrons. The molecule has 0 atom stereocenters. The lowest BCUT2D eigenvalue weighted by molar-refractivity contribution is 0.610. The molecule has 0 bridgehead atoms. The second-order valence-corrected chi connectivity index (χ2v) is 7.60. The Labute approximate surface area is 128 Å². The molecule has 0 unspecified atom stereocenters. The number of fused-ring (bicyclic) bond motifs is 1. The Morgan fingerprint density at radius 2 is 1.86 bits per heavy atom. The Bertz CT molecular complexity index is 913. The minimum Gasteiger partial charge on any atom is -0.342 e.